The fourth-order valence-electron chi connectivity index (χ4n) is 1.65. The summed E-state index contributed by atoms with van der Waals surface area (Å²) in [6, 6.07) is 6.88. The molecule has 1 aromatic carbocycles. The van der Waals surface area contributed by atoms with Gasteiger partial charge in [-0.05, 0) is 37.5 Å². The zero-order valence-electron chi connectivity index (χ0n) is 13.6. The summed E-state index contributed by atoms with van der Waals surface area (Å²) < 4.78 is 26.7. The SMILES string of the molecule is CC(C)CNS(=O)(=O)c1ccc(CN=C(N)NC(C)C)cc1. The number of rotatable bonds is 7. The second-order valence-corrected chi connectivity index (χ2v) is 7.66. The van der Waals surface area contributed by atoms with Crippen LogP contribution >= 0.6 is 0 Å². The van der Waals surface area contributed by atoms with Crippen LogP contribution in [0.2, 0.25) is 0 Å². The standard InChI is InChI=1S/C15H26N4O2S/c1-11(2)9-18-22(20,21)14-7-5-13(6-8-14)10-17-15(16)19-12(3)4/h5-8,11-12,18H,9-10H2,1-4H3,(H3,16,17,19). The molecule has 0 aliphatic carbocycles. The van der Waals surface area contributed by atoms with E-state index in [1.807, 2.05) is 27.7 Å². The third kappa shape index (κ3) is 6.44. The van der Waals surface area contributed by atoms with Gasteiger partial charge in [-0.1, -0.05) is 26.0 Å². The molecule has 0 spiro atoms. The Labute approximate surface area is 133 Å². The molecule has 7 heteroatoms. The highest BCUT2D eigenvalue weighted by Gasteiger charge is 2.13. The molecular formula is C15H26N4O2S. The predicted molar refractivity (Wildman–Crippen MR) is 90.1 cm³/mol. The van der Waals surface area contributed by atoms with E-state index in [9.17, 15) is 8.42 Å². The van der Waals surface area contributed by atoms with Gasteiger partial charge < -0.3 is 11.1 Å². The normalized spacial score (nSPS) is 12.9. The summed E-state index contributed by atoms with van der Waals surface area (Å²) >= 11 is 0. The molecule has 0 bridgehead atoms. The van der Waals surface area contributed by atoms with Crippen LogP contribution in [0.5, 0.6) is 0 Å². The number of nitrogens with two attached hydrogens (primary N) is 1. The van der Waals surface area contributed by atoms with E-state index in [4.69, 9.17) is 5.73 Å². The van der Waals surface area contributed by atoms with Crippen molar-refractivity contribution >= 4 is 16.0 Å². The highest BCUT2D eigenvalue weighted by atomic mass is 32.2. The number of nitrogens with zero attached hydrogens (tertiary/aromatic N) is 1. The van der Waals surface area contributed by atoms with Gasteiger partial charge in [0.15, 0.2) is 5.96 Å². The third-order valence-electron chi connectivity index (χ3n) is 2.78. The van der Waals surface area contributed by atoms with Crippen LogP contribution in [0.25, 0.3) is 0 Å². The maximum atomic E-state index is 12.1. The summed E-state index contributed by atoms with van der Waals surface area (Å²) in [5.41, 5.74) is 6.62. The highest BCUT2D eigenvalue weighted by molar-refractivity contribution is 7.89. The summed E-state index contributed by atoms with van der Waals surface area (Å²) in [4.78, 5) is 4.46. The second kappa shape index (κ2) is 8.14. The van der Waals surface area contributed by atoms with Gasteiger partial charge in [0.25, 0.3) is 0 Å². The van der Waals surface area contributed by atoms with E-state index >= 15 is 0 Å². The van der Waals surface area contributed by atoms with Gasteiger partial charge in [-0.2, -0.15) is 0 Å². The first-order valence-corrected chi connectivity index (χ1v) is 8.84. The highest BCUT2D eigenvalue weighted by Crippen LogP contribution is 2.11. The first-order chi connectivity index (χ1) is 10.2. The minimum atomic E-state index is -3.44. The van der Waals surface area contributed by atoms with Crippen LogP contribution in [0, 0.1) is 5.92 Å². The molecule has 0 saturated heterocycles. The van der Waals surface area contributed by atoms with Crippen LogP contribution in [0.15, 0.2) is 34.2 Å². The average molecular weight is 326 g/mol. The molecule has 0 aliphatic rings. The van der Waals surface area contributed by atoms with Gasteiger partial charge in [0.1, 0.15) is 0 Å². The third-order valence-corrected chi connectivity index (χ3v) is 4.22. The zero-order chi connectivity index (χ0) is 16.8. The smallest absolute Gasteiger partial charge is 0.240 e. The maximum Gasteiger partial charge on any atom is 0.240 e. The van der Waals surface area contributed by atoms with Crippen molar-refractivity contribution < 1.29 is 8.42 Å². The summed E-state index contributed by atoms with van der Waals surface area (Å²) in [5, 5.41) is 3.00. The molecule has 0 unspecified atom stereocenters. The van der Waals surface area contributed by atoms with E-state index in [1.165, 1.54) is 0 Å². The van der Waals surface area contributed by atoms with Gasteiger partial charge in [-0.15, -0.1) is 0 Å². The van der Waals surface area contributed by atoms with E-state index in [-0.39, 0.29) is 16.9 Å². The Kier molecular flexibility index (Phi) is 6.83. The van der Waals surface area contributed by atoms with Gasteiger partial charge in [0.2, 0.25) is 10.0 Å². The van der Waals surface area contributed by atoms with E-state index in [0.29, 0.717) is 19.0 Å². The lowest BCUT2D eigenvalue weighted by Crippen LogP contribution is -2.36. The van der Waals surface area contributed by atoms with Crippen molar-refractivity contribution in [1.29, 1.82) is 0 Å². The Morgan fingerprint density at radius 2 is 1.77 bits per heavy atom. The van der Waals surface area contributed by atoms with Crippen LogP contribution < -0.4 is 15.8 Å². The molecule has 0 radical (unpaired) electrons. The lowest BCUT2D eigenvalue weighted by atomic mass is 10.2. The number of sulfonamides is 1. The number of benzene rings is 1. The molecule has 0 atom stereocenters. The molecule has 0 heterocycles. The first-order valence-electron chi connectivity index (χ1n) is 7.35. The van der Waals surface area contributed by atoms with Gasteiger partial charge in [0.05, 0.1) is 11.4 Å². The summed E-state index contributed by atoms with van der Waals surface area (Å²) in [6.45, 7) is 8.70. The molecule has 6 nitrogen and oxygen atoms in total. The number of nitrogens with one attached hydrogen (secondary N) is 2. The summed E-state index contributed by atoms with van der Waals surface area (Å²) in [6.07, 6.45) is 0. The molecule has 1 rings (SSSR count). The van der Waals surface area contributed by atoms with E-state index < -0.39 is 10.0 Å². The van der Waals surface area contributed by atoms with Crippen molar-refractivity contribution in [3.05, 3.63) is 29.8 Å². The number of aliphatic imine (C=N–C) groups is 1. The van der Waals surface area contributed by atoms with Crippen molar-refractivity contribution in [2.45, 2.75) is 45.2 Å². The van der Waals surface area contributed by atoms with Gasteiger partial charge in [-0.25, -0.2) is 18.1 Å². The van der Waals surface area contributed by atoms with E-state index in [0.717, 1.165) is 5.56 Å². The van der Waals surface area contributed by atoms with Crippen molar-refractivity contribution in [3.63, 3.8) is 0 Å². The van der Waals surface area contributed by atoms with Gasteiger partial charge >= 0.3 is 0 Å². The average Bonchev–Trinajstić information content (AvgIpc) is 2.43. The lowest BCUT2D eigenvalue weighted by Gasteiger charge is -2.10. The Morgan fingerprint density at radius 1 is 1.18 bits per heavy atom. The van der Waals surface area contributed by atoms with Crippen molar-refractivity contribution in [1.82, 2.24) is 10.0 Å². The van der Waals surface area contributed by atoms with Crippen LogP contribution in [0.4, 0.5) is 0 Å². The van der Waals surface area contributed by atoms with Crippen LogP contribution in [-0.2, 0) is 16.6 Å². The van der Waals surface area contributed by atoms with Crippen LogP contribution in [0.1, 0.15) is 33.3 Å². The fraction of sp³-hybridized carbons (Fsp3) is 0.533. The van der Waals surface area contributed by atoms with Gasteiger partial charge in [0, 0.05) is 12.6 Å². The Balaban J connectivity index is 2.70. The monoisotopic (exact) mass is 326 g/mol. The molecule has 22 heavy (non-hydrogen) atoms. The Hall–Kier alpha value is -1.60. The second-order valence-electron chi connectivity index (χ2n) is 5.89. The van der Waals surface area contributed by atoms with Crippen molar-refractivity contribution in [2.24, 2.45) is 16.6 Å². The summed E-state index contributed by atoms with van der Waals surface area (Å²) in [7, 11) is -3.44. The molecule has 0 fully saturated rings. The Morgan fingerprint density at radius 3 is 2.27 bits per heavy atom. The molecule has 124 valence electrons. The van der Waals surface area contributed by atoms with E-state index in [2.05, 4.69) is 15.0 Å². The number of hydrogen-bond donors (Lipinski definition) is 3. The van der Waals surface area contributed by atoms with E-state index in [1.54, 1.807) is 24.3 Å². The maximum absolute atomic E-state index is 12.1. The zero-order valence-corrected chi connectivity index (χ0v) is 14.4. The van der Waals surface area contributed by atoms with Crippen molar-refractivity contribution in [3.8, 4) is 0 Å². The number of hydrogen-bond acceptors (Lipinski definition) is 3. The molecule has 4 N–H and O–H groups in total. The topological polar surface area (TPSA) is 96.6 Å². The molecule has 0 aliphatic heterocycles. The Bertz CT molecular complexity index is 592. The molecular weight excluding hydrogens is 300 g/mol. The predicted octanol–water partition coefficient (Wildman–Crippen LogP) is 1.43. The minimum Gasteiger partial charge on any atom is -0.370 e. The van der Waals surface area contributed by atoms with Gasteiger partial charge in [-0.3, -0.25) is 0 Å². The first kappa shape index (κ1) is 18.4. The van der Waals surface area contributed by atoms with Crippen molar-refractivity contribution in [2.75, 3.05) is 6.54 Å². The fourth-order valence-corrected chi connectivity index (χ4v) is 2.87. The molecule has 1 aromatic rings. The minimum absolute atomic E-state index is 0.225. The van der Waals surface area contributed by atoms with Crippen LogP contribution in [-0.4, -0.2) is 27.0 Å². The lowest BCUT2D eigenvalue weighted by molar-refractivity contribution is 0.560. The molecule has 0 aromatic heterocycles. The molecule has 0 amide bonds. The quantitative estimate of drug-likeness (QED) is 0.522. The molecule has 0 saturated carbocycles. The largest absolute Gasteiger partial charge is 0.370 e. The van der Waals surface area contributed by atoms with Crippen LogP contribution in [0.3, 0.4) is 0 Å². The summed E-state index contributed by atoms with van der Waals surface area (Å²) in [5.74, 6) is 0.644. The number of guanidine groups is 1.